The highest BCUT2D eigenvalue weighted by Gasteiger charge is 2.59. The lowest BCUT2D eigenvalue weighted by Crippen LogP contribution is -2.70. The molecular formula is C36H53N7O6. The van der Waals surface area contributed by atoms with E-state index in [0.717, 1.165) is 5.56 Å². The first-order chi connectivity index (χ1) is 22.5. The number of fused-ring (bicyclic) bond motifs is 1. The van der Waals surface area contributed by atoms with Gasteiger partial charge in [-0.05, 0) is 78.3 Å². The molecule has 13 heteroatoms. The number of nitro benzene ring substituents is 1. The molecule has 3 unspecified atom stereocenters. The molecule has 3 atom stereocenters. The Kier molecular flexibility index (Phi) is 10.1. The maximum atomic E-state index is 14.0. The van der Waals surface area contributed by atoms with Crippen molar-refractivity contribution < 1.29 is 24.0 Å². The van der Waals surface area contributed by atoms with Crippen molar-refractivity contribution in [3.8, 4) is 0 Å². The van der Waals surface area contributed by atoms with Crippen LogP contribution < -0.4 is 10.2 Å². The van der Waals surface area contributed by atoms with E-state index in [1.54, 1.807) is 43.6 Å². The van der Waals surface area contributed by atoms with Gasteiger partial charge in [-0.15, -0.1) is 0 Å². The van der Waals surface area contributed by atoms with Crippen molar-refractivity contribution in [2.45, 2.75) is 118 Å². The summed E-state index contributed by atoms with van der Waals surface area (Å²) in [5, 5.41) is 20.0. The smallest absolute Gasteiger partial charge is 0.420 e. The second-order valence-corrected chi connectivity index (χ2v) is 16.5. The number of nitro groups is 1. The topological polar surface area (TPSA) is 144 Å². The van der Waals surface area contributed by atoms with Crippen LogP contribution in [-0.4, -0.2) is 72.9 Å². The van der Waals surface area contributed by atoms with Gasteiger partial charge in [-0.25, -0.2) is 19.5 Å². The van der Waals surface area contributed by atoms with Gasteiger partial charge >= 0.3 is 12.1 Å². The van der Waals surface area contributed by atoms with E-state index >= 15 is 0 Å². The molecule has 1 fully saturated rings. The van der Waals surface area contributed by atoms with Crippen LogP contribution in [0.15, 0.2) is 36.5 Å². The van der Waals surface area contributed by atoms with E-state index in [1.807, 2.05) is 41.7 Å². The quantitative estimate of drug-likeness (QED) is 0.150. The number of non-ortho nitro benzene ring substituents is 1. The molecule has 49 heavy (non-hydrogen) atoms. The Morgan fingerprint density at radius 1 is 1.06 bits per heavy atom. The van der Waals surface area contributed by atoms with Gasteiger partial charge in [0.25, 0.3) is 5.69 Å². The molecule has 3 aromatic rings. The van der Waals surface area contributed by atoms with Crippen LogP contribution in [0.1, 0.15) is 101 Å². The number of esters is 1. The standard InChI is InChI=1S/C36H53N7O6/c1-22(2)27-20-37-42-29(41(32(45)49-35(10,11)12)25-15-14-16-26(18-25)43(46)47)19-28(39-30(27)42)38-24-17-23(3)36(33(4,5)6,40(13)21-24)31(44)48-34(7,8)9/h14-16,18-20,22-24H,17,21H2,1-13H3,(H,38,39). The maximum absolute atomic E-state index is 14.0. The van der Waals surface area contributed by atoms with E-state index in [9.17, 15) is 19.7 Å². The molecule has 13 nitrogen and oxygen atoms in total. The van der Waals surface area contributed by atoms with Crippen LogP contribution in [0.4, 0.5) is 27.8 Å². The van der Waals surface area contributed by atoms with Crippen LogP contribution in [0.5, 0.6) is 0 Å². The highest BCUT2D eigenvalue weighted by molar-refractivity contribution is 5.96. The Morgan fingerprint density at radius 2 is 1.69 bits per heavy atom. The molecule has 0 bridgehead atoms. The van der Waals surface area contributed by atoms with E-state index in [0.29, 0.717) is 30.2 Å². The Labute approximate surface area is 289 Å². The third-order valence-electron chi connectivity index (χ3n) is 8.86. The highest BCUT2D eigenvalue weighted by Crippen LogP contribution is 2.47. The van der Waals surface area contributed by atoms with E-state index in [1.165, 1.54) is 23.1 Å². The van der Waals surface area contributed by atoms with Crippen molar-refractivity contribution in [2.24, 2.45) is 11.3 Å². The normalized spacial score (nSPS) is 20.7. The summed E-state index contributed by atoms with van der Waals surface area (Å²) in [5.74, 6) is 0.488. The van der Waals surface area contributed by atoms with Crippen molar-refractivity contribution >= 4 is 40.7 Å². The Bertz CT molecular complexity index is 1700. The lowest BCUT2D eigenvalue weighted by molar-refractivity contribution is -0.384. The number of rotatable bonds is 7. The van der Waals surface area contributed by atoms with Gasteiger partial charge in [-0.2, -0.15) is 9.61 Å². The van der Waals surface area contributed by atoms with Gasteiger partial charge in [-0.1, -0.05) is 47.6 Å². The van der Waals surface area contributed by atoms with Gasteiger partial charge < -0.3 is 14.8 Å². The maximum Gasteiger partial charge on any atom is 0.420 e. The molecule has 0 spiro atoms. The summed E-state index contributed by atoms with van der Waals surface area (Å²) in [6.07, 6.45) is 1.63. The van der Waals surface area contributed by atoms with Gasteiger partial charge in [0.05, 0.1) is 16.8 Å². The number of likely N-dealkylation sites (N-methyl/N-ethyl adjacent to an activating group) is 1. The second-order valence-electron chi connectivity index (χ2n) is 16.5. The van der Waals surface area contributed by atoms with Gasteiger partial charge in [0.1, 0.15) is 28.4 Å². The number of anilines is 3. The predicted molar refractivity (Wildman–Crippen MR) is 190 cm³/mol. The third kappa shape index (κ3) is 7.66. The number of hydrogen-bond donors (Lipinski definition) is 1. The fourth-order valence-corrected chi connectivity index (χ4v) is 7.16. The summed E-state index contributed by atoms with van der Waals surface area (Å²) in [6, 6.07) is 7.42. The molecule has 1 aromatic carbocycles. The van der Waals surface area contributed by atoms with Gasteiger partial charge in [0.2, 0.25) is 0 Å². The van der Waals surface area contributed by atoms with Crippen molar-refractivity contribution in [3.05, 3.63) is 52.2 Å². The van der Waals surface area contributed by atoms with Crippen molar-refractivity contribution in [1.82, 2.24) is 19.5 Å². The lowest BCUT2D eigenvalue weighted by atomic mass is 9.62. The predicted octanol–water partition coefficient (Wildman–Crippen LogP) is 7.71. The van der Waals surface area contributed by atoms with Gasteiger partial charge in [0.15, 0.2) is 5.65 Å². The summed E-state index contributed by atoms with van der Waals surface area (Å²) in [7, 11) is 1.96. The highest BCUT2D eigenvalue weighted by atomic mass is 16.6. The molecule has 4 rings (SSSR count). The Hall–Kier alpha value is -4.26. The number of amides is 1. The number of ether oxygens (including phenoxy) is 2. The SMILES string of the molecule is CC(C)c1cnn2c(N(C(=O)OC(C)(C)C)c3cccc([N+](=O)[O-])c3)cc(NC3CC(C)C(C(=O)OC(C)(C)C)(C(C)(C)C)N(C)C3)nc12. The monoisotopic (exact) mass is 679 g/mol. The first-order valence-corrected chi connectivity index (χ1v) is 16.8. The zero-order chi connectivity index (χ0) is 36.9. The molecule has 0 radical (unpaired) electrons. The number of carbonyl (C=O) groups excluding carboxylic acids is 2. The van der Waals surface area contributed by atoms with Crippen molar-refractivity contribution in [2.75, 3.05) is 23.8 Å². The molecule has 1 saturated heterocycles. The van der Waals surface area contributed by atoms with Gasteiger partial charge in [0, 0.05) is 36.3 Å². The lowest BCUT2D eigenvalue weighted by Gasteiger charge is -2.56. The third-order valence-corrected chi connectivity index (χ3v) is 8.86. The Balaban J connectivity index is 1.84. The number of carbonyl (C=O) groups is 2. The summed E-state index contributed by atoms with van der Waals surface area (Å²) >= 11 is 0. The number of benzene rings is 1. The summed E-state index contributed by atoms with van der Waals surface area (Å²) in [4.78, 5) is 47.5. The molecule has 1 aliphatic heterocycles. The number of piperidine rings is 1. The van der Waals surface area contributed by atoms with E-state index in [4.69, 9.17) is 14.5 Å². The molecule has 268 valence electrons. The van der Waals surface area contributed by atoms with Crippen molar-refractivity contribution in [3.63, 3.8) is 0 Å². The van der Waals surface area contributed by atoms with Crippen LogP contribution in [-0.2, 0) is 14.3 Å². The number of aromatic nitrogens is 3. The molecule has 1 N–H and O–H groups in total. The molecular weight excluding hydrogens is 626 g/mol. The summed E-state index contributed by atoms with van der Waals surface area (Å²) in [6.45, 7) is 23.8. The van der Waals surface area contributed by atoms with Crippen molar-refractivity contribution in [1.29, 1.82) is 0 Å². The molecule has 3 heterocycles. The van der Waals surface area contributed by atoms with Crippen LogP contribution in [0.25, 0.3) is 5.65 Å². The second kappa shape index (κ2) is 13.2. The van der Waals surface area contributed by atoms with Gasteiger partial charge in [-0.3, -0.25) is 15.0 Å². The average Bonchev–Trinajstić information content (AvgIpc) is 3.35. The number of hydrogen-bond acceptors (Lipinski definition) is 10. The fourth-order valence-electron chi connectivity index (χ4n) is 7.16. The summed E-state index contributed by atoms with van der Waals surface area (Å²) in [5.41, 5.74) is -1.36. The zero-order valence-corrected chi connectivity index (χ0v) is 31.2. The Morgan fingerprint density at radius 3 is 2.22 bits per heavy atom. The van der Waals surface area contributed by atoms with Crippen LogP contribution in [0.2, 0.25) is 0 Å². The van der Waals surface area contributed by atoms with Crippen LogP contribution in [0.3, 0.4) is 0 Å². The zero-order valence-electron chi connectivity index (χ0n) is 31.2. The fraction of sp³-hybridized carbons (Fsp3) is 0.611. The number of nitrogens with zero attached hydrogens (tertiary/aromatic N) is 6. The first kappa shape index (κ1) is 37.6. The molecule has 2 aromatic heterocycles. The minimum atomic E-state index is -0.882. The average molecular weight is 680 g/mol. The largest absolute Gasteiger partial charge is 0.459 e. The first-order valence-electron chi connectivity index (χ1n) is 16.8. The summed E-state index contributed by atoms with van der Waals surface area (Å²) < 4.78 is 13.4. The van der Waals surface area contributed by atoms with E-state index < -0.39 is 33.2 Å². The van der Waals surface area contributed by atoms with E-state index in [2.05, 4.69) is 43.0 Å². The van der Waals surface area contributed by atoms with Crippen LogP contribution >= 0.6 is 0 Å². The number of nitrogens with one attached hydrogen (secondary N) is 1. The minimum Gasteiger partial charge on any atom is -0.459 e. The molecule has 1 amide bonds. The molecule has 1 aliphatic rings. The molecule has 0 aliphatic carbocycles. The van der Waals surface area contributed by atoms with Crippen LogP contribution in [0, 0.1) is 21.4 Å². The molecule has 0 saturated carbocycles. The minimum absolute atomic E-state index is 0.0583. The number of likely N-dealkylation sites (tertiary alicyclic amines) is 1. The van der Waals surface area contributed by atoms with E-state index in [-0.39, 0.29) is 35.2 Å².